The predicted octanol–water partition coefficient (Wildman–Crippen LogP) is 3.98. The molecule has 3 heterocycles. The summed E-state index contributed by atoms with van der Waals surface area (Å²) in [5, 5.41) is 2.73. The van der Waals surface area contributed by atoms with Crippen LogP contribution in [0.4, 0.5) is 5.69 Å². The van der Waals surface area contributed by atoms with E-state index in [2.05, 4.69) is 21.6 Å². The number of hydrogen-bond donors (Lipinski definition) is 3. The van der Waals surface area contributed by atoms with Crippen LogP contribution in [0.15, 0.2) is 36.4 Å². The van der Waals surface area contributed by atoms with Crippen molar-refractivity contribution in [1.29, 1.82) is 0 Å². The van der Waals surface area contributed by atoms with Crippen LogP contribution in [0.1, 0.15) is 49.8 Å². The topological polar surface area (TPSA) is 123 Å². The number of anilines is 1. The molecular formula is C25H33N3O6S3. The van der Waals surface area contributed by atoms with Gasteiger partial charge in [0.05, 0.1) is 17.5 Å². The van der Waals surface area contributed by atoms with E-state index in [0.717, 1.165) is 65.9 Å². The number of nitrogens with one attached hydrogen (secondary N) is 3. The van der Waals surface area contributed by atoms with E-state index in [9.17, 15) is 18.0 Å². The first kappa shape index (κ1) is 28.1. The first-order chi connectivity index (χ1) is 17.7. The molecule has 2 amide bonds. The standard InChI is InChI=1S/C25H33N3O6S3/c1-37(31,32)26-17-23(30)27-19-8-6-7-18(15-19)20-10-11-21(36-20)25(12-3-5-14-35-25)16-22(29)28-34-24-9-2-4-13-33-24/h6-8,10-11,15,24,26H,2-5,9,12-14,16-17H2,1H3,(H,27,30)(H,28,29)/t24?,25-/m0/s1. The number of carbonyl (C=O) groups is 2. The Balaban J connectivity index is 1.43. The lowest BCUT2D eigenvalue weighted by atomic mass is 9.94. The molecule has 0 radical (unpaired) electrons. The summed E-state index contributed by atoms with van der Waals surface area (Å²) in [5.41, 5.74) is 4.14. The summed E-state index contributed by atoms with van der Waals surface area (Å²) in [4.78, 5) is 32.7. The second-order valence-corrected chi connectivity index (χ2v) is 13.7. The van der Waals surface area contributed by atoms with E-state index >= 15 is 0 Å². The summed E-state index contributed by atoms with van der Waals surface area (Å²) in [5.74, 6) is 0.403. The van der Waals surface area contributed by atoms with Gasteiger partial charge < -0.3 is 10.1 Å². The summed E-state index contributed by atoms with van der Waals surface area (Å²) in [6.07, 6.45) is 6.89. The predicted molar refractivity (Wildman–Crippen MR) is 147 cm³/mol. The third-order valence-corrected chi connectivity index (χ3v) is 9.97. The van der Waals surface area contributed by atoms with Crippen molar-refractivity contribution in [2.45, 2.75) is 56.0 Å². The lowest BCUT2D eigenvalue weighted by Crippen LogP contribution is -2.37. The summed E-state index contributed by atoms with van der Waals surface area (Å²) in [6.45, 7) is 0.325. The summed E-state index contributed by atoms with van der Waals surface area (Å²) in [6, 6.07) is 11.6. The van der Waals surface area contributed by atoms with Crippen LogP contribution >= 0.6 is 23.1 Å². The molecule has 0 saturated carbocycles. The SMILES string of the molecule is CS(=O)(=O)NCC(=O)Nc1cccc(-c2ccc([C@@]3(CC(=O)NOC4CCCCO4)CCCCS3)s2)c1. The Kier molecular flexibility index (Phi) is 9.65. The van der Waals surface area contributed by atoms with Gasteiger partial charge in [0.25, 0.3) is 0 Å². The van der Waals surface area contributed by atoms with Gasteiger partial charge in [-0.25, -0.2) is 23.5 Å². The number of benzene rings is 1. The van der Waals surface area contributed by atoms with Crippen LogP contribution < -0.4 is 15.5 Å². The van der Waals surface area contributed by atoms with Crippen LogP contribution in [0, 0.1) is 0 Å². The molecule has 0 spiro atoms. The van der Waals surface area contributed by atoms with Crippen molar-refractivity contribution in [3.05, 3.63) is 41.3 Å². The molecule has 2 atom stereocenters. The number of hydroxylamine groups is 1. The maximum Gasteiger partial charge on any atom is 0.245 e. The number of rotatable bonds is 10. The van der Waals surface area contributed by atoms with E-state index < -0.39 is 15.9 Å². The largest absolute Gasteiger partial charge is 0.350 e. The van der Waals surface area contributed by atoms with Gasteiger partial charge in [0.2, 0.25) is 21.8 Å². The highest BCUT2D eigenvalue weighted by Gasteiger charge is 2.38. The molecule has 2 aliphatic heterocycles. The van der Waals surface area contributed by atoms with E-state index in [0.29, 0.717) is 18.7 Å². The molecule has 0 bridgehead atoms. The first-order valence-corrected chi connectivity index (χ1v) is 16.1. The van der Waals surface area contributed by atoms with Gasteiger partial charge >= 0.3 is 0 Å². The van der Waals surface area contributed by atoms with Gasteiger partial charge in [0.15, 0.2) is 6.29 Å². The zero-order valence-corrected chi connectivity index (χ0v) is 23.2. The molecule has 37 heavy (non-hydrogen) atoms. The number of carbonyl (C=O) groups excluding carboxylic acids is 2. The van der Waals surface area contributed by atoms with Crippen LogP contribution in [-0.2, 0) is 33.9 Å². The van der Waals surface area contributed by atoms with Gasteiger partial charge in [-0.05, 0) is 61.3 Å². The molecule has 1 unspecified atom stereocenters. The maximum atomic E-state index is 12.9. The highest BCUT2D eigenvalue weighted by atomic mass is 32.2. The molecule has 1 aromatic heterocycles. The van der Waals surface area contributed by atoms with Crippen LogP contribution in [-0.4, -0.2) is 51.7 Å². The molecule has 2 fully saturated rings. The lowest BCUT2D eigenvalue weighted by molar-refractivity contribution is -0.200. The molecule has 202 valence electrons. The van der Waals surface area contributed by atoms with Gasteiger partial charge in [-0.15, -0.1) is 23.1 Å². The molecule has 0 aliphatic carbocycles. The fourth-order valence-electron chi connectivity index (χ4n) is 4.39. The maximum absolute atomic E-state index is 12.9. The number of ether oxygens (including phenoxy) is 1. The third-order valence-electron chi connectivity index (χ3n) is 6.22. The number of hydrogen-bond acceptors (Lipinski definition) is 8. The van der Waals surface area contributed by atoms with E-state index in [1.807, 2.05) is 36.0 Å². The van der Waals surface area contributed by atoms with Crippen molar-refractivity contribution in [3.63, 3.8) is 0 Å². The van der Waals surface area contributed by atoms with Crippen molar-refractivity contribution in [2.24, 2.45) is 0 Å². The summed E-state index contributed by atoms with van der Waals surface area (Å²) in [7, 11) is -3.45. The number of sulfonamides is 1. The number of thioether (sulfide) groups is 1. The highest BCUT2D eigenvalue weighted by molar-refractivity contribution is 8.00. The Labute approximate surface area is 226 Å². The minimum atomic E-state index is -3.45. The Morgan fingerprint density at radius 2 is 2.00 bits per heavy atom. The fraction of sp³-hybridized carbons (Fsp3) is 0.520. The van der Waals surface area contributed by atoms with Crippen LogP contribution in [0.5, 0.6) is 0 Å². The number of amides is 2. The minimum absolute atomic E-state index is 0.147. The van der Waals surface area contributed by atoms with Crippen molar-refractivity contribution < 1.29 is 27.6 Å². The molecule has 2 aromatic rings. The first-order valence-electron chi connectivity index (χ1n) is 12.4. The van der Waals surface area contributed by atoms with Crippen molar-refractivity contribution in [1.82, 2.24) is 10.2 Å². The van der Waals surface area contributed by atoms with Crippen molar-refractivity contribution in [2.75, 3.05) is 30.5 Å². The molecule has 1 aromatic carbocycles. The van der Waals surface area contributed by atoms with E-state index in [1.54, 1.807) is 17.4 Å². The van der Waals surface area contributed by atoms with Crippen LogP contribution in [0.3, 0.4) is 0 Å². The second kappa shape index (κ2) is 12.7. The van der Waals surface area contributed by atoms with Crippen LogP contribution in [0.25, 0.3) is 10.4 Å². The van der Waals surface area contributed by atoms with Gasteiger partial charge in [-0.3, -0.25) is 9.59 Å². The van der Waals surface area contributed by atoms with Crippen molar-refractivity contribution in [3.8, 4) is 10.4 Å². The Hall–Kier alpha value is -1.96. The Bertz CT molecular complexity index is 1190. The highest BCUT2D eigenvalue weighted by Crippen LogP contribution is 2.51. The van der Waals surface area contributed by atoms with E-state index in [1.165, 1.54) is 0 Å². The third kappa shape index (κ3) is 8.26. The van der Waals surface area contributed by atoms with Gasteiger partial charge in [0.1, 0.15) is 0 Å². The average Bonchev–Trinajstić information content (AvgIpc) is 3.39. The molecule has 12 heteroatoms. The normalized spacial score (nSPS) is 22.4. The summed E-state index contributed by atoms with van der Waals surface area (Å²) >= 11 is 3.48. The zero-order valence-electron chi connectivity index (χ0n) is 20.8. The molecular weight excluding hydrogens is 534 g/mol. The van der Waals surface area contributed by atoms with Crippen LogP contribution in [0.2, 0.25) is 0 Å². The molecule has 2 saturated heterocycles. The molecule has 9 nitrogen and oxygen atoms in total. The second-order valence-electron chi connectivity index (χ2n) is 9.30. The zero-order chi connectivity index (χ0) is 26.3. The van der Waals surface area contributed by atoms with Crippen molar-refractivity contribution >= 4 is 50.6 Å². The quantitative estimate of drug-likeness (QED) is 0.371. The molecule has 3 N–H and O–H groups in total. The van der Waals surface area contributed by atoms with Gasteiger partial charge in [0, 0.05) is 34.9 Å². The Morgan fingerprint density at radius 3 is 2.73 bits per heavy atom. The lowest BCUT2D eigenvalue weighted by Gasteiger charge is -2.35. The average molecular weight is 568 g/mol. The monoisotopic (exact) mass is 567 g/mol. The smallest absolute Gasteiger partial charge is 0.245 e. The minimum Gasteiger partial charge on any atom is -0.350 e. The van der Waals surface area contributed by atoms with Gasteiger partial charge in [-0.2, -0.15) is 0 Å². The molecule has 2 aliphatic rings. The van der Waals surface area contributed by atoms with E-state index in [-0.39, 0.29) is 23.5 Å². The fourth-order valence-corrected chi connectivity index (χ4v) is 7.67. The summed E-state index contributed by atoms with van der Waals surface area (Å²) < 4.78 is 29.9. The van der Waals surface area contributed by atoms with Gasteiger partial charge in [-0.1, -0.05) is 18.6 Å². The van der Waals surface area contributed by atoms with E-state index in [4.69, 9.17) is 9.57 Å². The Morgan fingerprint density at radius 1 is 1.14 bits per heavy atom. The molecule has 4 rings (SSSR count). The number of thiophene rings is 1.